The number of pyridine rings is 1. The summed E-state index contributed by atoms with van der Waals surface area (Å²) in [5.74, 6) is -0.313. The van der Waals surface area contributed by atoms with Crippen molar-refractivity contribution in [2.45, 2.75) is 9.79 Å². The number of benzene rings is 2. The number of rotatable bonds is 5. The number of halogens is 2. The molecule has 0 unspecified atom stereocenters. The van der Waals surface area contributed by atoms with Crippen LogP contribution in [-0.4, -0.2) is 9.97 Å². The summed E-state index contributed by atoms with van der Waals surface area (Å²) >= 11 is 7.61. The Morgan fingerprint density at radius 1 is 1.09 bits per heavy atom. The zero-order valence-corrected chi connectivity index (χ0v) is 18.1. The molecule has 1 N–H and O–H groups in total. The highest BCUT2D eigenvalue weighted by molar-refractivity contribution is 7.99. The lowest BCUT2D eigenvalue weighted by atomic mass is 9.95. The Morgan fingerprint density at radius 2 is 1.91 bits per heavy atom. The molecule has 32 heavy (non-hydrogen) atoms. The Kier molecular flexibility index (Phi) is 6.37. The van der Waals surface area contributed by atoms with E-state index in [1.54, 1.807) is 48.9 Å². The quantitative estimate of drug-likeness (QED) is 0.258. The summed E-state index contributed by atoms with van der Waals surface area (Å²) in [6.45, 7) is 0. The van der Waals surface area contributed by atoms with Crippen LogP contribution in [-0.2, 0) is 0 Å². The molecular formula is C25H14ClFN4S. The average Bonchev–Trinajstić information content (AvgIpc) is 3.21. The van der Waals surface area contributed by atoms with Crippen molar-refractivity contribution in [2.24, 2.45) is 0 Å². The van der Waals surface area contributed by atoms with Gasteiger partial charge in [-0.25, -0.2) is 4.39 Å². The fourth-order valence-corrected chi connectivity index (χ4v) is 4.40. The molecule has 0 fully saturated rings. The molecule has 0 saturated heterocycles. The first kappa shape index (κ1) is 21.4. The van der Waals surface area contributed by atoms with Gasteiger partial charge in [-0.15, -0.1) is 0 Å². The number of allylic oxidation sites excluding steroid dienone is 4. The molecule has 2 aromatic heterocycles. The van der Waals surface area contributed by atoms with Crippen LogP contribution in [0.4, 0.5) is 4.39 Å². The minimum Gasteiger partial charge on any atom is -0.361 e. The van der Waals surface area contributed by atoms with Crippen molar-refractivity contribution in [1.82, 2.24) is 9.97 Å². The summed E-state index contributed by atoms with van der Waals surface area (Å²) in [6, 6.07) is 17.7. The van der Waals surface area contributed by atoms with Gasteiger partial charge in [-0.2, -0.15) is 10.5 Å². The lowest BCUT2D eigenvalue weighted by Crippen LogP contribution is -1.93. The summed E-state index contributed by atoms with van der Waals surface area (Å²) in [5.41, 5.74) is 3.12. The molecule has 4 nitrogen and oxygen atoms in total. The van der Waals surface area contributed by atoms with Crippen LogP contribution in [0.5, 0.6) is 0 Å². The molecule has 0 bridgehead atoms. The lowest BCUT2D eigenvalue weighted by molar-refractivity contribution is 0.626. The van der Waals surface area contributed by atoms with Crippen LogP contribution >= 0.6 is 23.4 Å². The van der Waals surface area contributed by atoms with Gasteiger partial charge in [-0.3, -0.25) is 4.98 Å². The van der Waals surface area contributed by atoms with Crippen LogP contribution in [0.2, 0.25) is 5.02 Å². The normalized spacial score (nSPS) is 11.9. The van der Waals surface area contributed by atoms with Crippen molar-refractivity contribution in [3.63, 3.8) is 0 Å². The SMILES string of the molecule is N#C/C=C\C(=C(C#N)c1c[nH]c2ccc(Cl)cc12)c1cnccc1Sc1ccc(F)cc1. The Morgan fingerprint density at radius 3 is 2.66 bits per heavy atom. The van der Waals surface area contributed by atoms with Crippen molar-refractivity contribution in [3.8, 4) is 12.1 Å². The zero-order chi connectivity index (χ0) is 22.5. The molecule has 4 rings (SSSR count). The van der Waals surface area contributed by atoms with Crippen LogP contribution < -0.4 is 0 Å². The van der Waals surface area contributed by atoms with E-state index >= 15 is 0 Å². The third-order valence-corrected chi connectivity index (χ3v) is 6.05. The Balaban J connectivity index is 1.92. The van der Waals surface area contributed by atoms with Gasteiger partial charge in [0.1, 0.15) is 11.9 Å². The van der Waals surface area contributed by atoms with Gasteiger partial charge in [0.25, 0.3) is 0 Å². The molecule has 0 aliphatic heterocycles. The third-order valence-electron chi connectivity index (χ3n) is 4.73. The van der Waals surface area contributed by atoms with E-state index in [-0.39, 0.29) is 5.82 Å². The van der Waals surface area contributed by atoms with Crippen LogP contribution in [0.15, 0.2) is 89.1 Å². The topological polar surface area (TPSA) is 76.3 Å². The first-order valence-corrected chi connectivity index (χ1v) is 10.7. The fraction of sp³-hybridized carbons (Fsp3) is 0. The van der Waals surface area contributed by atoms with Crippen molar-refractivity contribution in [3.05, 3.63) is 101 Å². The molecule has 0 radical (unpaired) electrons. The van der Waals surface area contributed by atoms with Crippen molar-refractivity contribution in [2.75, 3.05) is 0 Å². The summed E-state index contributed by atoms with van der Waals surface area (Å²) in [4.78, 5) is 9.05. The van der Waals surface area contributed by atoms with Gasteiger partial charge >= 0.3 is 0 Å². The van der Waals surface area contributed by atoms with E-state index in [0.717, 1.165) is 20.7 Å². The monoisotopic (exact) mass is 456 g/mol. The number of aromatic nitrogens is 2. The molecule has 0 spiro atoms. The number of fused-ring (bicyclic) bond motifs is 1. The number of hydrogen-bond donors (Lipinski definition) is 1. The van der Waals surface area contributed by atoms with Crippen LogP contribution in [0.25, 0.3) is 22.0 Å². The van der Waals surface area contributed by atoms with Gasteiger partial charge in [0.05, 0.1) is 11.6 Å². The number of nitrogens with one attached hydrogen (secondary N) is 1. The van der Waals surface area contributed by atoms with E-state index in [2.05, 4.69) is 16.0 Å². The van der Waals surface area contributed by atoms with Crippen molar-refractivity contribution in [1.29, 1.82) is 10.5 Å². The van der Waals surface area contributed by atoms with Crippen LogP contribution in [0.3, 0.4) is 0 Å². The van der Waals surface area contributed by atoms with E-state index in [9.17, 15) is 9.65 Å². The van der Waals surface area contributed by atoms with E-state index < -0.39 is 0 Å². The number of nitriles is 2. The highest BCUT2D eigenvalue weighted by Crippen LogP contribution is 2.38. The van der Waals surface area contributed by atoms with E-state index in [4.69, 9.17) is 16.9 Å². The fourth-order valence-electron chi connectivity index (χ4n) is 3.30. The number of nitrogens with zero attached hydrogens (tertiary/aromatic N) is 3. The predicted molar refractivity (Wildman–Crippen MR) is 125 cm³/mol. The van der Waals surface area contributed by atoms with Gasteiger partial charge in [0.2, 0.25) is 0 Å². The maximum Gasteiger partial charge on any atom is 0.123 e. The molecule has 0 amide bonds. The second-order valence-electron chi connectivity index (χ2n) is 6.68. The average molecular weight is 457 g/mol. The van der Waals surface area contributed by atoms with E-state index in [0.29, 0.717) is 27.3 Å². The summed E-state index contributed by atoms with van der Waals surface area (Å²) in [5, 5.41) is 20.6. The maximum atomic E-state index is 13.3. The first-order chi connectivity index (χ1) is 15.6. The maximum absolute atomic E-state index is 13.3. The Bertz CT molecular complexity index is 1440. The molecule has 0 aliphatic rings. The molecule has 2 heterocycles. The summed E-state index contributed by atoms with van der Waals surface area (Å²) < 4.78 is 13.3. The minimum atomic E-state index is -0.313. The van der Waals surface area contributed by atoms with Crippen LogP contribution in [0, 0.1) is 28.5 Å². The summed E-state index contributed by atoms with van der Waals surface area (Å²) in [7, 11) is 0. The smallest absolute Gasteiger partial charge is 0.123 e. The molecule has 0 aliphatic carbocycles. The highest BCUT2D eigenvalue weighted by Gasteiger charge is 2.17. The standard InChI is InChI=1S/C25H14ClFN4S/c26-16-3-8-24-20(12-16)22(15-31-24)21(13-29)19(2-1-10-28)23-14-30-11-9-25(23)32-18-6-4-17(27)5-7-18/h1-9,11-12,14-15,31H/b2-1-,21-19?. The molecule has 7 heteroatoms. The first-order valence-electron chi connectivity index (χ1n) is 9.46. The number of hydrogen-bond acceptors (Lipinski definition) is 4. The molecule has 0 saturated carbocycles. The second-order valence-corrected chi connectivity index (χ2v) is 8.23. The minimum absolute atomic E-state index is 0.313. The van der Waals surface area contributed by atoms with Gasteiger partial charge in [-0.05, 0) is 54.6 Å². The predicted octanol–water partition coefficient (Wildman–Crippen LogP) is 7.02. The van der Waals surface area contributed by atoms with E-state index in [1.807, 2.05) is 18.2 Å². The lowest BCUT2D eigenvalue weighted by Gasteiger charge is -2.12. The van der Waals surface area contributed by atoms with Gasteiger partial charge in [0.15, 0.2) is 0 Å². The largest absolute Gasteiger partial charge is 0.361 e. The Labute approximate surface area is 193 Å². The molecular weight excluding hydrogens is 443 g/mol. The summed E-state index contributed by atoms with van der Waals surface area (Å²) in [6.07, 6.45) is 7.99. The number of aromatic amines is 1. The molecule has 0 atom stereocenters. The zero-order valence-electron chi connectivity index (χ0n) is 16.5. The molecule has 154 valence electrons. The van der Waals surface area contributed by atoms with Crippen molar-refractivity contribution < 1.29 is 4.39 Å². The third kappa shape index (κ3) is 4.43. The van der Waals surface area contributed by atoms with Crippen LogP contribution in [0.1, 0.15) is 11.1 Å². The number of H-pyrrole nitrogens is 1. The van der Waals surface area contributed by atoms with Gasteiger partial charge in [0, 0.05) is 67.1 Å². The molecule has 4 aromatic rings. The van der Waals surface area contributed by atoms with Crippen molar-refractivity contribution >= 4 is 45.4 Å². The molecule has 2 aromatic carbocycles. The van der Waals surface area contributed by atoms with E-state index in [1.165, 1.54) is 30.0 Å². The highest BCUT2D eigenvalue weighted by atomic mass is 35.5. The Hall–Kier alpha value is -3.84. The van der Waals surface area contributed by atoms with Gasteiger partial charge < -0.3 is 4.98 Å². The second kappa shape index (κ2) is 9.53. The van der Waals surface area contributed by atoms with Gasteiger partial charge in [-0.1, -0.05) is 23.4 Å².